The fourth-order valence-electron chi connectivity index (χ4n) is 2.16. The van der Waals surface area contributed by atoms with E-state index in [1.165, 1.54) is 32.5 Å². The molecular formula is C12H26N2. The minimum atomic E-state index is 0.410. The first-order valence-corrected chi connectivity index (χ1v) is 6.11. The summed E-state index contributed by atoms with van der Waals surface area (Å²) in [4.78, 5) is 2.58. The molecule has 2 N–H and O–H groups in total. The fraction of sp³-hybridized carbons (Fsp3) is 1.00. The Morgan fingerprint density at radius 3 is 2.64 bits per heavy atom. The third-order valence-electron chi connectivity index (χ3n) is 3.59. The summed E-state index contributed by atoms with van der Waals surface area (Å²) in [6.45, 7) is 10.6. The summed E-state index contributed by atoms with van der Waals surface area (Å²) in [7, 11) is 0. The lowest BCUT2D eigenvalue weighted by atomic mass is 9.95. The molecule has 0 aromatic carbocycles. The van der Waals surface area contributed by atoms with Crippen molar-refractivity contribution in [2.75, 3.05) is 19.6 Å². The molecule has 14 heavy (non-hydrogen) atoms. The normalized spacial score (nSPS) is 25.9. The zero-order chi connectivity index (χ0) is 10.6. The molecule has 0 radical (unpaired) electrons. The molecule has 2 nitrogen and oxygen atoms in total. The van der Waals surface area contributed by atoms with Gasteiger partial charge in [-0.05, 0) is 44.2 Å². The van der Waals surface area contributed by atoms with Crippen molar-refractivity contribution in [2.24, 2.45) is 17.6 Å². The Morgan fingerprint density at radius 2 is 2.14 bits per heavy atom. The van der Waals surface area contributed by atoms with Crippen molar-refractivity contribution in [3.8, 4) is 0 Å². The lowest BCUT2D eigenvalue weighted by Crippen LogP contribution is -2.29. The average Bonchev–Trinajstić information content (AvgIpc) is 2.62. The van der Waals surface area contributed by atoms with E-state index in [-0.39, 0.29) is 0 Å². The van der Waals surface area contributed by atoms with E-state index in [9.17, 15) is 0 Å². The summed E-state index contributed by atoms with van der Waals surface area (Å²) >= 11 is 0. The number of rotatable bonds is 5. The van der Waals surface area contributed by atoms with E-state index in [0.29, 0.717) is 6.04 Å². The second-order valence-corrected chi connectivity index (χ2v) is 5.05. The molecule has 1 aliphatic rings. The van der Waals surface area contributed by atoms with Gasteiger partial charge in [-0.3, -0.25) is 0 Å². The molecule has 0 aliphatic carbocycles. The van der Waals surface area contributed by atoms with Gasteiger partial charge in [0.2, 0.25) is 0 Å². The van der Waals surface area contributed by atoms with E-state index in [0.717, 1.165) is 18.3 Å². The molecule has 1 fully saturated rings. The zero-order valence-corrected chi connectivity index (χ0v) is 10.00. The summed E-state index contributed by atoms with van der Waals surface area (Å²) in [6, 6.07) is 0.410. The number of nitrogens with zero attached hydrogens (tertiary/aromatic N) is 1. The van der Waals surface area contributed by atoms with Crippen molar-refractivity contribution in [1.29, 1.82) is 0 Å². The van der Waals surface area contributed by atoms with Crippen LogP contribution < -0.4 is 5.73 Å². The average molecular weight is 198 g/mol. The monoisotopic (exact) mass is 198 g/mol. The van der Waals surface area contributed by atoms with E-state index >= 15 is 0 Å². The first kappa shape index (κ1) is 12.0. The molecule has 0 aromatic rings. The van der Waals surface area contributed by atoms with Gasteiger partial charge in [0, 0.05) is 12.6 Å². The third-order valence-corrected chi connectivity index (χ3v) is 3.59. The Morgan fingerprint density at radius 1 is 1.43 bits per heavy atom. The van der Waals surface area contributed by atoms with Crippen LogP contribution in [0.1, 0.15) is 40.0 Å². The van der Waals surface area contributed by atoms with Gasteiger partial charge in [-0.15, -0.1) is 0 Å². The van der Waals surface area contributed by atoms with Crippen LogP contribution in [0, 0.1) is 11.8 Å². The smallest absolute Gasteiger partial charge is 0.00483 e. The number of likely N-dealkylation sites (tertiary alicyclic amines) is 1. The molecule has 2 heteroatoms. The fourth-order valence-corrected chi connectivity index (χ4v) is 2.16. The maximum atomic E-state index is 5.92. The van der Waals surface area contributed by atoms with E-state index in [4.69, 9.17) is 5.73 Å². The highest BCUT2D eigenvalue weighted by Crippen LogP contribution is 2.23. The second kappa shape index (κ2) is 5.72. The summed E-state index contributed by atoms with van der Waals surface area (Å²) in [5.41, 5.74) is 5.92. The van der Waals surface area contributed by atoms with Gasteiger partial charge in [0.05, 0.1) is 0 Å². The van der Waals surface area contributed by atoms with Crippen LogP contribution in [0.3, 0.4) is 0 Å². The summed E-state index contributed by atoms with van der Waals surface area (Å²) < 4.78 is 0. The van der Waals surface area contributed by atoms with E-state index in [1.807, 2.05) is 0 Å². The van der Waals surface area contributed by atoms with Gasteiger partial charge in [0.1, 0.15) is 0 Å². The molecule has 0 amide bonds. The van der Waals surface area contributed by atoms with E-state index in [2.05, 4.69) is 25.7 Å². The quantitative estimate of drug-likeness (QED) is 0.733. The largest absolute Gasteiger partial charge is 0.328 e. The van der Waals surface area contributed by atoms with Crippen molar-refractivity contribution < 1.29 is 0 Å². The predicted molar refractivity (Wildman–Crippen MR) is 62.3 cm³/mol. The van der Waals surface area contributed by atoms with Crippen LogP contribution in [-0.4, -0.2) is 30.6 Å². The maximum Gasteiger partial charge on any atom is 0.00483 e. The molecule has 1 aliphatic heterocycles. The first-order chi connectivity index (χ1) is 6.63. The Labute approximate surface area is 88.8 Å². The van der Waals surface area contributed by atoms with Crippen molar-refractivity contribution in [3.05, 3.63) is 0 Å². The van der Waals surface area contributed by atoms with Crippen LogP contribution >= 0.6 is 0 Å². The molecule has 2 atom stereocenters. The molecule has 1 heterocycles. The highest BCUT2D eigenvalue weighted by molar-refractivity contribution is 4.78. The van der Waals surface area contributed by atoms with Gasteiger partial charge in [-0.1, -0.05) is 20.8 Å². The zero-order valence-electron chi connectivity index (χ0n) is 10.00. The predicted octanol–water partition coefficient (Wildman–Crippen LogP) is 2.09. The van der Waals surface area contributed by atoms with Crippen LogP contribution in [0.4, 0.5) is 0 Å². The second-order valence-electron chi connectivity index (χ2n) is 5.05. The minimum absolute atomic E-state index is 0.410. The Hall–Kier alpha value is -0.0800. The van der Waals surface area contributed by atoms with Crippen LogP contribution in [0.25, 0.3) is 0 Å². The Balaban J connectivity index is 2.16. The summed E-state index contributed by atoms with van der Waals surface area (Å²) in [6.07, 6.45) is 3.67. The van der Waals surface area contributed by atoms with Gasteiger partial charge in [-0.2, -0.15) is 0 Å². The molecule has 0 spiro atoms. The highest BCUT2D eigenvalue weighted by atomic mass is 15.1. The van der Waals surface area contributed by atoms with Gasteiger partial charge in [0.25, 0.3) is 0 Å². The van der Waals surface area contributed by atoms with Crippen LogP contribution in [-0.2, 0) is 0 Å². The molecule has 2 unspecified atom stereocenters. The number of nitrogens with two attached hydrogens (primary N) is 1. The first-order valence-electron chi connectivity index (χ1n) is 6.11. The molecule has 0 bridgehead atoms. The molecule has 1 rings (SSSR count). The lowest BCUT2D eigenvalue weighted by molar-refractivity contribution is 0.291. The van der Waals surface area contributed by atoms with E-state index in [1.54, 1.807) is 0 Å². The number of hydrogen-bond acceptors (Lipinski definition) is 2. The van der Waals surface area contributed by atoms with Crippen LogP contribution in [0.5, 0.6) is 0 Å². The van der Waals surface area contributed by atoms with E-state index < -0.39 is 0 Å². The number of hydrogen-bond donors (Lipinski definition) is 1. The molecule has 0 saturated carbocycles. The van der Waals surface area contributed by atoms with Gasteiger partial charge >= 0.3 is 0 Å². The molecule has 1 saturated heterocycles. The van der Waals surface area contributed by atoms with Crippen LogP contribution in [0.15, 0.2) is 0 Å². The van der Waals surface area contributed by atoms with Gasteiger partial charge in [0.15, 0.2) is 0 Å². The van der Waals surface area contributed by atoms with Crippen molar-refractivity contribution in [2.45, 2.75) is 46.1 Å². The Bertz CT molecular complexity index is 156. The molecule has 84 valence electrons. The highest BCUT2D eigenvalue weighted by Gasteiger charge is 2.24. The van der Waals surface area contributed by atoms with Crippen molar-refractivity contribution in [1.82, 2.24) is 4.90 Å². The van der Waals surface area contributed by atoms with Crippen molar-refractivity contribution in [3.63, 3.8) is 0 Å². The van der Waals surface area contributed by atoms with Crippen molar-refractivity contribution >= 4 is 0 Å². The Kier molecular flexibility index (Phi) is 4.90. The van der Waals surface area contributed by atoms with Gasteiger partial charge < -0.3 is 10.6 Å². The standard InChI is InChI=1S/C12H26N2/c1-4-12(13)6-8-14-7-5-11(9-14)10(2)3/h10-12H,4-9,13H2,1-3H3. The molecule has 0 aromatic heterocycles. The SMILES string of the molecule is CCC(N)CCN1CCC(C(C)C)C1. The molecular weight excluding hydrogens is 172 g/mol. The third kappa shape index (κ3) is 3.58. The topological polar surface area (TPSA) is 29.3 Å². The minimum Gasteiger partial charge on any atom is -0.328 e. The lowest BCUT2D eigenvalue weighted by Gasteiger charge is -2.19. The maximum absolute atomic E-state index is 5.92. The summed E-state index contributed by atoms with van der Waals surface area (Å²) in [5.74, 6) is 1.77. The van der Waals surface area contributed by atoms with Gasteiger partial charge in [-0.25, -0.2) is 0 Å². The summed E-state index contributed by atoms with van der Waals surface area (Å²) in [5, 5.41) is 0. The van der Waals surface area contributed by atoms with Crippen LogP contribution in [0.2, 0.25) is 0 Å².